The van der Waals surface area contributed by atoms with E-state index in [1.165, 1.54) is 4.90 Å². The summed E-state index contributed by atoms with van der Waals surface area (Å²) >= 11 is 0. The summed E-state index contributed by atoms with van der Waals surface area (Å²) in [6, 6.07) is 5.77. The molecule has 10 heteroatoms. The summed E-state index contributed by atoms with van der Waals surface area (Å²) in [4.78, 5) is 50.7. The Morgan fingerprint density at radius 1 is 1.22 bits per heavy atom. The number of unbranched alkanes of at least 4 members (excludes halogenated alkanes) is 2. The van der Waals surface area contributed by atoms with E-state index in [0.717, 1.165) is 12.8 Å². The fourth-order valence-electron chi connectivity index (χ4n) is 4.16. The number of nitrogens with zero attached hydrogens (tertiary/aromatic N) is 1. The lowest BCUT2D eigenvalue weighted by atomic mass is 10.0. The molecule has 0 radical (unpaired) electrons. The number of aliphatic hydroxyl groups excluding tert-OH is 2. The highest BCUT2D eigenvalue weighted by atomic mass is 16.5. The van der Waals surface area contributed by atoms with Crippen molar-refractivity contribution >= 4 is 24.0 Å². The first-order chi connectivity index (χ1) is 17.4. The van der Waals surface area contributed by atoms with Crippen LogP contribution in [-0.4, -0.2) is 83.6 Å². The number of para-hydroxylation sites is 1. The van der Waals surface area contributed by atoms with Crippen LogP contribution in [0.2, 0.25) is 0 Å². The Bertz CT molecular complexity index is 864. The van der Waals surface area contributed by atoms with Gasteiger partial charge < -0.3 is 35.3 Å². The average molecular weight is 506 g/mol. The molecule has 3 amide bonds. The van der Waals surface area contributed by atoms with Gasteiger partial charge in [0.2, 0.25) is 17.7 Å². The van der Waals surface area contributed by atoms with E-state index in [1.54, 1.807) is 18.2 Å². The molecular formula is C26H39N3O7. The fraction of sp³-hybridized carbons (Fsp3) is 0.615. The molecule has 0 spiro atoms. The van der Waals surface area contributed by atoms with Crippen LogP contribution in [0.5, 0.6) is 5.75 Å². The van der Waals surface area contributed by atoms with Gasteiger partial charge in [0.15, 0.2) is 6.29 Å². The number of carbonyl (C=O) groups is 4. The Morgan fingerprint density at radius 2 is 2.00 bits per heavy atom. The second kappa shape index (κ2) is 15.9. The molecule has 1 fully saturated rings. The second-order valence-corrected chi connectivity index (χ2v) is 8.97. The number of aldehydes is 1. The third-order valence-electron chi connectivity index (χ3n) is 6.19. The van der Waals surface area contributed by atoms with Crippen LogP contribution in [0.3, 0.4) is 0 Å². The number of hydrogen-bond donors (Lipinski definition) is 4. The number of ether oxygens (including phenoxy) is 1. The van der Waals surface area contributed by atoms with Crippen LogP contribution in [0.25, 0.3) is 0 Å². The predicted molar refractivity (Wildman–Crippen MR) is 133 cm³/mol. The number of likely N-dealkylation sites (tertiary alicyclic amines) is 1. The van der Waals surface area contributed by atoms with Gasteiger partial charge in [0, 0.05) is 18.7 Å². The summed E-state index contributed by atoms with van der Waals surface area (Å²) in [5, 5.41) is 24.2. The zero-order valence-corrected chi connectivity index (χ0v) is 21.0. The van der Waals surface area contributed by atoms with Crippen LogP contribution in [0.4, 0.5) is 0 Å². The lowest BCUT2D eigenvalue weighted by Gasteiger charge is -2.27. The summed E-state index contributed by atoms with van der Waals surface area (Å²) in [5.41, 5.74) is 0.691. The first kappa shape index (κ1) is 29.3. The van der Waals surface area contributed by atoms with E-state index in [0.29, 0.717) is 62.9 Å². The van der Waals surface area contributed by atoms with Gasteiger partial charge in [-0.1, -0.05) is 38.0 Å². The topological polar surface area (TPSA) is 145 Å². The molecule has 10 nitrogen and oxygen atoms in total. The van der Waals surface area contributed by atoms with Gasteiger partial charge in [-0.2, -0.15) is 0 Å². The molecule has 1 aromatic carbocycles. The van der Waals surface area contributed by atoms with Crippen LogP contribution < -0.4 is 15.4 Å². The Balaban J connectivity index is 1.88. The van der Waals surface area contributed by atoms with Gasteiger partial charge in [-0.05, 0) is 38.2 Å². The van der Waals surface area contributed by atoms with Crippen LogP contribution in [0, 0.1) is 0 Å². The van der Waals surface area contributed by atoms with E-state index in [4.69, 9.17) is 9.84 Å². The van der Waals surface area contributed by atoms with Crippen molar-refractivity contribution in [3.8, 4) is 5.75 Å². The summed E-state index contributed by atoms with van der Waals surface area (Å²) in [6.45, 7) is 2.66. The summed E-state index contributed by atoms with van der Waals surface area (Å²) in [7, 11) is 0. The maximum absolute atomic E-state index is 12.9. The van der Waals surface area contributed by atoms with Crippen LogP contribution >= 0.6 is 0 Å². The molecule has 1 heterocycles. The van der Waals surface area contributed by atoms with E-state index in [9.17, 15) is 24.3 Å². The van der Waals surface area contributed by atoms with Crippen molar-refractivity contribution in [2.24, 2.45) is 0 Å². The van der Waals surface area contributed by atoms with E-state index in [2.05, 4.69) is 10.6 Å². The number of nitrogens with one attached hydrogen (secondary N) is 2. The van der Waals surface area contributed by atoms with E-state index < -0.39 is 24.1 Å². The first-order valence-electron chi connectivity index (χ1n) is 12.7. The number of carbonyl (C=O) groups excluding carboxylic acids is 4. The Labute approximate surface area is 212 Å². The normalized spacial score (nSPS) is 16.8. The minimum atomic E-state index is -1.30. The van der Waals surface area contributed by atoms with E-state index >= 15 is 0 Å². The minimum Gasteiger partial charge on any atom is -0.493 e. The van der Waals surface area contributed by atoms with Gasteiger partial charge in [-0.25, -0.2) is 0 Å². The quantitative estimate of drug-likeness (QED) is 0.191. The highest BCUT2D eigenvalue weighted by Crippen LogP contribution is 2.20. The standard InChI is InChI=1S/C26H39N3O7/c1-2-3-10-20(22(32)18-31)28-26(35)21-11-8-13-29(21)25(34)17-27-24(33)16-19-9-4-5-12-23(19)36-15-7-6-14-30/h4-5,9,12,18,20-22,30,32H,2-3,6-8,10-11,13-17H2,1H3,(H,27,33)(H,28,35). The van der Waals surface area contributed by atoms with Gasteiger partial charge in [-0.3, -0.25) is 14.4 Å². The molecule has 1 aromatic rings. The molecule has 3 unspecified atom stereocenters. The molecule has 3 atom stereocenters. The van der Waals surface area contributed by atoms with Crippen molar-refractivity contribution in [2.75, 3.05) is 26.3 Å². The van der Waals surface area contributed by atoms with Crippen molar-refractivity contribution in [3.05, 3.63) is 29.8 Å². The zero-order valence-electron chi connectivity index (χ0n) is 21.0. The van der Waals surface area contributed by atoms with Gasteiger partial charge in [0.25, 0.3) is 0 Å². The maximum atomic E-state index is 12.9. The van der Waals surface area contributed by atoms with Crippen molar-refractivity contribution < 1.29 is 34.1 Å². The Morgan fingerprint density at radius 3 is 2.72 bits per heavy atom. The number of benzene rings is 1. The molecule has 1 saturated heterocycles. The second-order valence-electron chi connectivity index (χ2n) is 8.97. The smallest absolute Gasteiger partial charge is 0.243 e. The molecule has 0 aromatic heterocycles. The van der Waals surface area contributed by atoms with Crippen molar-refractivity contribution in [1.29, 1.82) is 0 Å². The van der Waals surface area contributed by atoms with Crippen molar-refractivity contribution in [1.82, 2.24) is 15.5 Å². The van der Waals surface area contributed by atoms with Gasteiger partial charge >= 0.3 is 0 Å². The highest BCUT2D eigenvalue weighted by molar-refractivity contribution is 5.91. The van der Waals surface area contributed by atoms with Gasteiger partial charge in [-0.15, -0.1) is 0 Å². The molecule has 36 heavy (non-hydrogen) atoms. The first-order valence-corrected chi connectivity index (χ1v) is 12.7. The monoisotopic (exact) mass is 505 g/mol. The molecule has 200 valence electrons. The molecule has 4 N–H and O–H groups in total. The molecule has 2 rings (SSSR count). The lowest BCUT2D eigenvalue weighted by molar-refractivity contribution is -0.139. The van der Waals surface area contributed by atoms with Gasteiger partial charge in [0.1, 0.15) is 17.9 Å². The number of aliphatic hydroxyl groups is 2. The van der Waals surface area contributed by atoms with Crippen molar-refractivity contribution in [2.45, 2.75) is 76.5 Å². The third-order valence-corrected chi connectivity index (χ3v) is 6.19. The number of amides is 3. The molecule has 1 aliphatic rings. The average Bonchev–Trinajstić information content (AvgIpc) is 3.38. The highest BCUT2D eigenvalue weighted by Gasteiger charge is 2.35. The Hall–Kier alpha value is -2.98. The molecule has 0 saturated carbocycles. The zero-order chi connectivity index (χ0) is 26.3. The number of rotatable bonds is 16. The summed E-state index contributed by atoms with van der Waals surface area (Å²) in [5.74, 6) is -0.524. The Kier molecular flexibility index (Phi) is 12.9. The third kappa shape index (κ3) is 9.23. The molecular weight excluding hydrogens is 466 g/mol. The fourth-order valence-corrected chi connectivity index (χ4v) is 4.16. The van der Waals surface area contributed by atoms with Crippen molar-refractivity contribution in [3.63, 3.8) is 0 Å². The summed E-state index contributed by atoms with van der Waals surface area (Å²) in [6.07, 6.45) is 3.66. The van der Waals surface area contributed by atoms with Crippen LogP contribution in [0.15, 0.2) is 24.3 Å². The molecule has 0 aliphatic carbocycles. The molecule has 0 bridgehead atoms. The van der Waals surface area contributed by atoms with Crippen LogP contribution in [0.1, 0.15) is 57.4 Å². The van der Waals surface area contributed by atoms with E-state index in [1.807, 2.05) is 13.0 Å². The van der Waals surface area contributed by atoms with E-state index in [-0.39, 0.29) is 31.4 Å². The number of hydrogen-bond acceptors (Lipinski definition) is 7. The molecule has 1 aliphatic heterocycles. The maximum Gasteiger partial charge on any atom is 0.243 e. The SMILES string of the molecule is CCCCC(NC(=O)C1CCCN1C(=O)CNC(=O)Cc1ccccc1OCCCCO)C(O)C=O. The van der Waals surface area contributed by atoms with Gasteiger partial charge in [0.05, 0.1) is 25.6 Å². The predicted octanol–water partition coefficient (Wildman–Crippen LogP) is 0.722. The largest absolute Gasteiger partial charge is 0.493 e. The van der Waals surface area contributed by atoms with Crippen LogP contribution in [-0.2, 0) is 25.6 Å². The minimum absolute atomic E-state index is 0.0378. The lowest BCUT2D eigenvalue weighted by Crippen LogP contribution is -2.53. The summed E-state index contributed by atoms with van der Waals surface area (Å²) < 4.78 is 5.72.